The number of halogens is 1. The molecule has 1 aromatic carbocycles. The summed E-state index contributed by atoms with van der Waals surface area (Å²) in [5.41, 5.74) is 2.57. The minimum absolute atomic E-state index is 0.265. The summed E-state index contributed by atoms with van der Waals surface area (Å²) in [6, 6.07) is 4.55. The molecule has 8 heteroatoms. The second-order valence-corrected chi connectivity index (χ2v) is 6.92. The second-order valence-electron chi connectivity index (χ2n) is 6.09. The van der Waals surface area contributed by atoms with Gasteiger partial charge in [0.05, 0.1) is 18.8 Å². The SMILES string of the molecule is CN=C(NCc1csc(N(C)C)n1)NCc1oc2ccc(F)cc2c1C. The van der Waals surface area contributed by atoms with E-state index >= 15 is 0 Å². The van der Waals surface area contributed by atoms with Crippen molar-refractivity contribution in [3.8, 4) is 0 Å². The van der Waals surface area contributed by atoms with Gasteiger partial charge in [-0.1, -0.05) is 0 Å². The molecular formula is C18H22FN5OS. The molecule has 0 aliphatic heterocycles. The molecule has 0 amide bonds. The molecule has 0 aliphatic rings. The fourth-order valence-corrected chi connectivity index (χ4v) is 3.31. The Kier molecular flexibility index (Phi) is 5.41. The van der Waals surface area contributed by atoms with Crippen molar-refractivity contribution >= 4 is 33.4 Å². The highest BCUT2D eigenvalue weighted by molar-refractivity contribution is 7.13. The summed E-state index contributed by atoms with van der Waals surface area (Å²) >= 11 is 1.60. The van der Waals surface area contributed by atoms with E-state index < -0.39 is 0 Å². The Bertz CT molecular complexity index is 931. The number of aromatic nitrogens is 1. The first-order valence-electron chi connectivity index (χ1n) is 8.21. The van der Waals surface area contributed by atoms with E-state index in [1.807, 2.05) is 31.3 Å². The number of fused-ring (bicyclic) bond motifs is 1. The first kappa shape index (κ1) is 18.2. The minimum Gasteiger partial charge on any atom is -0.459 e. The molecule has 0 atom stereocenters. The van der Waals surface area contributed by atoms with Gasteiger partial charge in [0, 0.05) is 37.5 Å². The van der Waals surface area contributed by atoms with E-state index in [0.717, 1.165) is 27.5 Å². The van der Waals surface area contributed by atoms with E-state index in [0.29, 0.717) is 24.6 Å². The van der Waals surface area contributed by atoms with Gasteiger partial charge < -0.3 is 20.0 Å². The van der Waals surface area contributed by atoms with E-state index in [2.05, 4.69) is 20.6 Å². The van der Waals surface area contributed by atoms with Gasteiger partial charge in [0.2, 0.25) is 0 Å². The number of nitrogens with zero attached hydrogens (tertiary/aromatic N) is 3. The van der Waals surface area contributed by atoms with Crippen molar-refractivity contribution in [3.05, 3.63) is 46.4 Å². The number of guanidine groups is 1. The maximum atomic E-state index is 13.4. The van der Waals surface area contributed by atoms with Gasteiger partial charge in [-0.3, -0.25) is 4.99 Å². The smallest absolute Gasteiger partial charge is 0.191 e. The Morgan fingerprint density at radius 3 is 2.77 bits per heavy atom. The third-order valence-electron chi connectivity index (χ3n) is 4.00. The third-order valence-corrected chi connectivity index (χ3v) is 5.05. The predicted molar refractivity (Wildman–Crippen MR) is 104 cm³/mol. The van der Waals surface area contributed by atoms with Crippen molar-refractivity contribution in [2.75, 3.05) is 26.0 Å². The number of benzene rings is 1. The Balaban J connectivity index is 1.61. The average Bonchev–Trinajstić information content (AvgIpc) is 3.21. The summed E-state index contributed by atoms with van der Waals surface area (Å²) in [6.07, 6.45) is 0. The van der Waals surface area contributed by atoms with Crippen molar-refractivity contribution in [2.45, 2.75) is 20.0 Å². The quantitative estimate of drug-likeness (QED) is 0.529. The molecule has 3 aromatic rings. The fraction of sp³-hybridized carbons (Fsp3) is 0.333. The van der Waals surface area contributed by atoms with Crippen LogP contribution in [0.25, 0.3) is 11.0 Å². The molecule has 0 spiro atoms. The maximum Gasteiger partial charge on any atom is 0.191 e. The van der Waals surface area contributed by atoms with Crippen molar-refractivity contribution in [1.82, 2.24) is 15.6 Å². The standard InChI is InChI=1S/C18H22FN5OS/c1-11-14-7-12(19)5-6-15(14)25-16(11)9-22-17(20-2)21-8-13-10-26-18(23-13)24(3)4/h5-7,10H,8-9H2,1-4H3,(H2,20,21,22). The lowest BCUT2D eigenvalue weighted by atomic mass is 10.1. The van der Waals surface area contributed by atoms with Crippen molar-refractivity contribution < 1.29 is 8.81 Å². The number of aryl methyl sites for hydroxylation is 1. The predicted octanol–water partition coefficient (Wildman–Crippen LogP) is 3.27. The maximum absolute atomic E-state index is 13.4. The molecule has 0 radical (unpaired) electrons. The molecule has 138 valence electrons. The van der Waals surface area contributed by atoms with Crippen LogP contribution < -0.4 is 15.5 Å². The summed E-state index contributed by atoms with van der Waals surface area (Å²) < 4.78 is 19.2. The fourth-order valence-electron chi connectivity index (χ4n) is 2.55. The Morgan fingerprint density at radius 2 is 2.08 bits per heavy atom. The molecule has 2 N–H and O–H groups in total. The van der Waals surface area contributed by atoms with Crippen LogP contribution in [0.15, 0.2) is 33.0 Å². The van der Waals surface area contributed by atoms with Crippen molar-refractivity contribution in [2.24, 2.45) is 4.99 Å². The number of furan rings is 1. The number of hydrogen-bond acceptors (Lipinski definition) is 5. The molecule has 0 saturated heterocycles. The normalized spacial score (nSPS) is 11.8. The molecule has 3 rings (SSSR count). The second kappa shape index (κ2) is 7.74. The lowest BCUT2D eigenvalue weighted by molar-refractivity contribution is 0.534. The van der Waals surface area contributed by atoms with Crippen LogP contribution in [0.4, 0.5) is 9.52 Å². The van der Waals surface area contributed by atoms with Gasteiger partial charge in [-0.05, 0) is 25.1 Å². The van der Waals surface area contributed by atoms with Crippen LogP contribution >= 0.6 is 11.3 Å². The van der Waals surface area contributed by atoms with Gasteiger partial charge in [-0.2, -0.15) is 0 Å². The number of hydrogen-bond donors (Lipinski definition) is 2. The van der Waals surface area contributed by atoms with Gasteiger partial charge in [-0.25, -0.2) is 9.37 Å². The van der Waals surface area contributed by atoms with Crippen LogP contribution in [-0.2, 0) is 13.1 Å². The van der Waals surface area contributed by atoms with E-state index in [4.69, 9.17) is 4.42 Å². The summed E-state index contributed by atoms with van der Waals surface area (Å²) in [5.74, 6) is 1.14. The third kappa shape index (κ3) is 3.96. The Hall–Kier alpha value is -2.61. The Morgan fingerprint density at radius 1 is 1.31 bits per heavy atom. The lowest BCUT2D eigenvalue weighted by Crippen LogP contribution is -2.36. The molecule has 0 bridgehead atoms. The number of anilines is 1. The molecule has 0 unspecified atom stereocenters. The van der Waals surface area contributed by atoms with Crippen LogP contribution in [-0.4, -0.2) is 32.1 Å². The van der Waals surface area contributed by atoms with Crippen molar-refractivity contribution in [1.29, 1.82) is 0 Å². The number of aliphatic imine (C=N–C) groups is 1. The molecule has 2 heterocycles. The van der Waals surface area contributed by atoms with Gasteiger partial charge in [0.25, 0.3) is 0 Å². The average molecular weight is 375 g/mol. The van der Waals surface area contributed by atoms with E-state index in [1.54, 1.807) is 24.5 Å². The first-order valence-corrected chi connectivity index (χ1v) is 9.09. The molecule has 26 heavy (non-hydrogen) atoms. The van der Waals surface area contributed by atoms with Crippen LogP contribution in [0.3, 0.4) is 0 Å². The number of rotatable bonds is 5. The highest BCUT2D eigenvalue weighted by Crippen LogP contribution is 2.25. The molecule has 0 aliphatic carbocycles. The Labute approximate surface area is 155 Å². The van der Waals surface area contributed by atoms with Crippen LogP contribution in [0.5, 0.6) is 0 Å². The highest BCUT2D eigenvalue weighted by Gasteiger charge is 2.12. The summed E-state index contributed by atoms with van der Waals surface area (Å²) in [4.78, 5) is 10.7. The zero-order valence-corrected chi connectivity index (χ0v) is 16.1. The van der Waals surface area contributed by atoms with E-state index in [-0.39, 0.29) is 5.82 Å². The summed E-state index contributed by atoms with van der Waals surface area (Å²) in [7, 11) is 5.65. The zero-order valence-electron chi connectivity index (χ0n) is 15.3. The zero-order chi connectivity index (χ0) is 18.7. The van der Waals surface area contributed by atoms with Gasteiger partial charge >= 0.3 is 0 Å². The first-order chi connectivity index (χ1) is 12.5. The number of nitrogens with one attached hydrogen (secondary N) is 2. The number of thiazole rings is 1. The molecule has 0 fully saturated rings. The van der Waals surface area contributed by atoms with E-state index in [9.17, 15) is 4.39 Å². The highest BCUT2D eigenvalue weighted by atomic mass is 32.1. The van der Waals surface area contributed by atoms with Crippen LogP contribution in [0.1, 0.15) is 17.0 Å². The molecule has 2 aromatic heterocycles. The van der Waals surface area contributed by atoms with Gasteiger partial charge in [-0.15, -0.1) is 11.3 Å². The van der Waals surface area contributed by atoms with Crippen LogP contribution in [0, 0.1) is 12.7 Å². The van der Waals surface area contributed by atoms with E-state index in [1.165, 1.54) is 12.1 Å². The molecular weight excluding hydrogens is 353 g/mol. The monoisotopic (exact) mass is 375 g/mol. The molecule has 6 nitrogen and oxygen atoms in total. The van der Waals surface area contributed by atoms with Crippen molar-refractivity contribution in [3.63, 3.8) is 0 Å². The summed E-state index contributed by atoms with van der Waals surface area (Å²) in [5, 5.41) is 10.2. The summed E-state index contributed by atoms with van der Waals surface area (Å²) in [6.45, 7) is 2.96. The lowest BCUT2D eigenvalue weighted by Gasteiger charge is -2.10. The topological polar surface area (TPSA) is 65.7 Å². The van der Waals surface area contributed by atoms with Crippen LogP contribution in [0.2, 0.25) is 0 Å². The molecule has 0 saturated carbocycles. The largest absolute Gasteiger partial charge is 0.459 e. The van der Waals surface area contributed by atoms with Gasteiger partial charge in [0.1, 0.15) is 17.2 Å². The minimum atomic E-state index is -0.265. The van der Waals surface area contributed by atoms with Gasteiger partial charge in [0.15, 0.2) is 11.1 Å².